The number of nitrogens with zero attached hydrogens (tertiary/aromatic N) is 5. The molecular formula is C44H85N7O9S4. The highest BCUT2D eigenvalue weighted by molar-refractivity contribution is 8.77. The van der Waals surface area contributed by atoms with Gasteiger partial charge < -0.3 is 59.2 Å². The largest absolute Gasteiger partial charge is 0.465 e. The van der Waals surface area contributed by atoms with E-state index in [1.807, 2.05) is 32.6 Å². The molecule has 0 radical (unpaired) electrons. The minimum Gasteiger partial charge on any atom is -0.465 e. The van der Waals surface area contributed by atoms with Crippen molar-refractivity contribution < 1.29 is 43.2 Å². The van der Waals surface area contributed by atoms with Crippen molar-refractivity contribution in [2.45, 2.75) is 88.6 Å². The standard InChI is InChI=1S/C44H85N7O9S4/c1-43(2,37-59-40(54)12-18-46-16-10-21-51-30-26-48(6)27-31-51)63-62-36-34-58-41(55)13-22-49(19-7-8-32-52)23-14-42(56)60-38-44(3,4)64-61-35-33-57-39(53)11-17-45-15-9-20-50-28-24-47(5)25-29-50/h45-46,52H,7-38H2,1-6H3. The summed E-state index contributed by atoms with van der Waals surface area (Å²) in [6.45, 7) is 25.0. The van der Waals surface area contributed by atoms with E-state index >= 15 is 0 Å². The lowest BCUT2D eigenvalue weighted by Gasteiger charge is -2.32. The van der Waals surface area contributed by atoms with Crippen LogP contribution in [0.4, 0.5) is 0 Å². The van der Waals surface area contributed by atoms with Crippen molar-refractivity contribution >= 4 is 67.1 Å². The van der Waals surface area contributed by atoms with Gasteiger partial charge >= 0.3 is 23.9 Å². The van der Waals surface area contributed by atoms with Gasteiger partial charge in [0.1, 0.15) is 26.4 Å². The molecule has 2 heterocycles. The van der Waals surface area contributed by atoms with E-state index in [0.29, 0.717) is 76.7 Å². The number of likely N-dealkylation sites (N-methyl/N-ethyl adjacent to an activating group) is 2. The van der Waals surface area contributed by atoms with E-state index in [4.69, 9.17) is 18.9 Å². The summed E-state index contributed by atoms with van der Waals surface area (Å²) in [5, 5.41) is 16.0. The fraction of sp³-hybridized carbons (Fsp3) is 0.909. The fourth-order valence-electron chi connectivity index (χ4n) is 6.54. The van der Waals surface area contributed by atoms with E-state index < -0.39 is 0 Å². The summed E-state index contributed by atoms with van der Waals surface area (Å²) in [6.07, 6.45) is 4.62. The van der Waals surface area contributed by atoms with Gasteiger partial charge in [0.2, 0.25) is 0 Å². The smallest absolute Gasteiger partial charge is 0.307 e. The fourth-order valence-corrected chi connectivity index (χ4v) is 11.0. The minimum atomic E-state index is -0.329. The quantitative estimate of drug-likeness (QED) is 0.0356. The Hall–Kier alpha value is -1.04. The zero-order valence-corrected chi connectivity index (χ0v) is 43.5. The monoisotopic (exact) mass is 984 g/mol. The van der Waals surface area contributed by atoms with Gasteiger partial charge in [0, 0.05) is 96.6 Å². The van der Waals surface area contributed by atoms with Crippen LogP contribution in [0.3, 0.4) is 0 Å². The van der Waals surface area contributed by atoms with E-state index in [2.05, 4.69) is 44.3 Å². The number of hydrogen-bond donors (Lipinski definition) is 3. The predicted octanol–water partition coefficient (Wildman–Crippen LogP) is 3.57. The Morgan fingerprint density at radius 3 is 1.39 bits per heavy atom. The number of aliphatic hydroxyl groups excluding tert-OH is 1. The van der Waals surface area contributed by atoms with E-state index in [0.717, 1.165) is 97.8 Å². The molecular weight excluding hydrogens is 899 g/mol. The zero-order valence-electron chi connectivity index (χ0n) is 40.2. The van der Waals surface area contributed by atoms with Crippen molar-refractivity contribution in [1.82, 2.24) is 35.1 Å². The van der Waals surface area contributed by atoms with Crippen LogP contribution in [0.5, 0.6) is 0 Å². The molecule has 0 unspecified atom stereocenters. The van der Waals surface area contributed by atoms with E-state index in [1.54, 1.807) is 43.2 Å². The summed E-state index contributed by atoms with van der Waals surface area (Å²) >= 11 is 0. The van der Waals surface area contributed by atoms with E-state index in [9.17, 15) is 24.3 Å². The third-order valence-electron chi connectivity index (χ3n) is 10.6. The second-order valence-corrected chi connectivity index (χ2v) is 24.1. The first-order valence-corrected chi connectivity index (χ1v) is 28.1. The van der Waals surface area contributed by atoms with E-state index in [-0.39, 0.29) is 66.0 Å². The van der Waals surface area contributed by atoms with Crippen LogP contribution in [0.1, 0.15) is 79.1 Å². The van der Waals surface area contributed by atoms with Gasteiger partial charge in [-0.15, -0.1) is 0 Å². The summed E-state index contributed by atoms with van der Waals surface area (Å²) < 4.78 is 21.4. The number of ether oxygens (including phenoxy) is 4. The topological polar surface area (TPSA) is 166 Å². The van der Waals surface area contributed by atoms with Crippen molar-refractivity contribution in [1.29, 1.82) is 0 Å². The molecule has 2 rings (SSSR count). The van der Waals surface area contributed by atoms with Crippen LogP contribution in [0.2, 0.25) is 0 Å². The normalized spacial score (nSPS) is 16.0. The first kappa shape index (κ1) is 59.1. The van der Waals surface area contributed by atoms with Crippen molar-refractivity contribution in [3.05, 3.63) is 0 Å². The molecule has 20 heteroatoms. The highest BCUT2D eigenvalue weighted by Gasteiger charge is 2.24. The lowest BCUT2D eigenvalue weighted by molar-refractivity contribution is -0.145. The Morgan fingerprint density at radius 2 is 0.953 bits per heavy atom. The SMILES string of the molecule is CN1CCN(CCCNCCC(=O)OCCSSC(C)(C)COC(=O)CCN(CCCCO)CCC(=O)OCCSSC(C)(C)COC(=O)CCNCCCN2CCN(C)CC2)CC1. The van der Waals surface area contributed by atoms with Crippen LogP contribution in [-0.4, -0.2) is 233 Å². The third-order valence-corrected chi connectivity index (χ3v) is 17.1. The molecule has 2 aliphatic heterocycles. The first-order chi connectivity index (χ1) is 30.7. The predicted molar refractivity (Wildman–Crippen MR) is 266 cm³/mol. The number of esters is 4. The molecule has 3 N–H and O–H groups in total. The average molecular weight is 984 g/mol. The molecule has 0 aromatic rings. The van der Waals surface area contributed by atoms with E-state index in [1.165, 1.54) is 0 Å². The maximum atomic E-state index is 12.7. The molecule has 374 valence electrons. The van der Waals surface area contributed by atoms with Gasteiger partial charge in [-0.25, -0.2) is 0 Å². The number of piperazine rings is 2. The highest BCUT2D eigenvalue weighted by atomic mass is 33.1. The summed E-state index contributed by atoms with van der Waals surface area (Å²) in [5.74, 6) is 0.243. The maximum absolute atomic E-state index is 12.7. The van der Waals surface area contributed by atoms with Gasteiger partial charge in [-0.2, -0.15) is 0 Å². The van der Waals surface area contributed by atoms with Crippen LogP contribution < -0.4 is 10.6 Å². The number of hydrogen-bond acceptors (Lipinski definition) is 20. The van der Waals surface area contributed by atoms with Gasteiger partial charge in [-0.1, -0.05) is 43.2 Å². The minimum absolute atomic E-state index is 0.0879. The van der Waals surface area contributed by atoms with Gasteiger partial charge in [-0.05, 0) is 100 Å². The lowest BCUT2D eigenvalue weighted by atomic mass is 10.2. The molecule has 0 bridgehead atoms. The average Bonchev–Trinajstić information content (AvgIpc) is 3.26. The molecule has 0 aromatic heterocycles. The Balaban J connectivity index is 1.48. The second-order valence-electron chi connectivity index (χ2n) is 17.9. The van der Waals surface area contributed by atoms with Crippen LogP contribution in [0.15, 0.2) is 0 Å². The molecule has 0 aliphatic carbocycles. The van der Waals surface area contributed by atoms with Crippen molar-refractivity contribution in [3.63, 3.8) is 0 Å². The van der Waals surface area contributed by atoms with Crippen molar-refractivity contribution in [2.75, 3.05) is 170 Å². The molecule has 0 atom stereocenters. The molecule has 2 fully saturated rings. The number of carbonyl (C=O) groups is 4. The molecule has 0 aromatic carbocycles. The first-order valence-electron chi connectivity index (χ1n) is 23.5. The summed E-state index contributed by atoms with van der Waals surface area (Å²) in [6, 6.07) is 0. The number of carbonyl (C=O) groups excluding carboxylic acids is 4. The highest BCUT2D eigenvalue weighted by Crippen LogP contribution is 2.36. The van der Waals surface area contributed by atoms with Crippen molar-refractivity contribution in [2.24, 2.45) is 0 Å². The van der Waals surface area contributed by atoms with Crippen LogP contribution in [0, 0.1) is 0 Å². The second kappa shape index (κ2) is 36.0. The van der Waals surface area contributed by atoms with Crippen LogP contribution >= 0.6 is 43.2 Å². The number of nitrogens with one attached hydrogen (secondary N) is 2. The zero-order chi connectivity index (χ0) is 46.9. The van der Waals surface area contributed by atoms with Gasteiger partial charge in [0.15, 0.2) is 0 Å². The molecule has 0 spiro atoms. The Kier molecular flexibility index (Phi) is 33.2. The molecule has 64 heavy (non-hydrogen) atoms. The van der Waals surface area contributed by atoms with Crippen molar-refractivity contribution in [3.8, 4) is 0 Å². The number of unbranched alkanes of at least 4 members (excludes halogenated alkanes) is 1. The van der Waals surface area contributed by atoms with Gasteiger partial charge in [0.05, 0.1) is 35.2 Å². The molecule has 16 nitrogen and oxygen atoms in total. The number of aliphatic hydroxyl groups is 1. The number of rotatable bonds is 38. The summed E-state index contributed by atoms with van der Waals surface area (Å²) in [4.78, 5) is 61.5. The Bertz CT molecular complexity index is 1260. The summed E-state index contributed by atoms with van der Waals surface area (Å²) in [5.41, 5.74) is 0. The van der Waals surface area contributed by atoms with Gasteiger partial charge in [-0.3, -0.25) is 19.2 Å². The third kappa shape index (κ3) is 32.6. The summed E-state index contributed by atoms with van der Waals surface area (Å²) in [7, 11) is 10.7. The van der Waals surface area contributed by atoms with Crippen LogP contribution in [0.25, 0.3) is 0 Å². The molecule has 2 aliphatic rings. The van der Waals surface area contributed by atoms with Crippen LogP contribution in [-0.2, 0) is 38.1 Å². The lowest BCUT2D eigenvalue weighted by Crippen LogP contribution is -2.45. The van der Waals surface area contributed by atoms with Gasteiger partial charge in [0.25, 0.3) is 0 Å². The molecule has 2 saturated heterocycles. The Labute approximate surface area is 402 Å². The Morgan fingerprint density at radius 1 is 0.547 bits per heavy atom. The molecule has 0 amide bonds. The maximum Gasteiger partial charge on any atom is 0.307 e. The molecule has 0 saturated carbocycles.